The Bertz CT molecular complexity index is 1470. The number of fused-ring (bicyclic) bond motifs is 1. The third kappa shape index (κ3) is 7.86. The molecule has 0 saturated heterocycles. The number of aryl methyl sites for hydroxylation is 1. The van der Waals surface area contributed by atoms with Gasteiger partial charge in [-0.05, 0) is 25.3 Å². The van der Waals surface area contributed by atoms with Crippen LogP contribution in [0.15, 0.2) is 39.9 Å². The van der Waals surface area contributed by atoms with Crippen LogP contribution in [0.2, 0.25) is 5.02 Å². The summed E-state index contributed by atoms with van der Waals surface area (Å²) in [6.45, 7) is 0.339. The summed E-state index contributed by atoms with van der Waals surface area (Å²) in [6, 6.07) is 3.82. The monoisotopic (exact) mass is 562 g/mol. The first-order valence-corrected chi connectivity index (χ1v) is 14.1. The zero-order chi connectivity index (χ0) is 26.5. The summed E-state index contributed by atoms with van der Waals surface area (Å²) in [5.74, 6) is -1.70. The number of unbranched alkanes of at least 4 members (excludes halogenated alkanes) is 2. The van der Waals surface area contributed by atoms with Crippen molar-refractivity contribution in [2.45, 2.75) is 43.5 Å². The number of carbonyl (C=O) groups is 1. The molecule has 0 aliphatic rings. The third-order valence-corrected chi connectivity index (χ3v) is 7.00. The highest BCUT2D eigenvalue weighted by atomic mass is 35.5. The molecule has 3 aromatic rings. The molecule has 0 atom stereocenters. The van der Waals surface area contributed by atoms with Gasteiger partial charge in [-0.3, -0.25) is 9.35 Å². The second-order valence-corrected chi connectivity index (χ2v) is 11.2. The lowest BCUT2D eigenvalue weighted by Gasteiger charge is -2.13. The molecule has 0 bridgehead atoms. The predicted molar refractivity (Wildman–Crippen MR) is 125 cm³/mol. The van der Waals surface area contributed by atoms with Gasteiger partial charge in [-0.25, -0.2) is 18.0 Å². The Kier molecular flexibility index (Phi) is 8.89. The average Bonchev–Trinajstić information content (AvgIpc) is 3.17. The highest BCUT2D eigenvalue weighted by molar-refractivity contribution is 7.86. The number of hydrogen-bond acceptors (Lipinski definition) is 9. The third-order valence-electron chi connectivity index (χ3n) is 5.03. The Labute approximate surface area is 212 Å². The number of ether oxygens (including phenoxy) is 1. The Balaban J connectivity index is 1.80. The van der Waals surface area contributed by atoms with E-state index in [1.807, 2.05) is 4.57 Å². The number of aliphatic carboxylic acids is 1. The topological polar surface area (TPSA) is 188 Å². The fourth-order valence-electron chi connectivity index (χ4n) is 3.35. The van der Waals surface area contributed by atoms with Crippen LogP contribution in [0.5, 0.6) is 5.75 Å². The minimum absolute atomic E-state index is 0.0657. The molecule has 0 aliphatic carbocycles. The van der Waals surface area contributed by atoms with E-state index < -0.39 is 36.9 Å². The molecule has 2 N–H and O–H groups in total. The summed E-state index contributed by atoms with van der Waals surface area (Å²) in [7, 11) is -9.19. The first-order valence-electron chi connectivity index (χ1n) is 10.7. The molecule has 36 heavy (non-hydrogen) atoms. The van der Waals surface area contributed by atoms with E-state index in [1.54, 1.807) is 18.5 Å². The minimum Gasteiger partial charge on any atom is -0.744 e. The zero-order valence-corrected chi connectivity index (χ0v) is 21.2. The van der Waals surface area contributed by atoms with E-state index in [4.69, 9.17) is 30.4 Å². The van der Waals surface area contributed by atoms with Gasteiger partial charge in [0.25, 0.3) is 10.1 Å². The fraction of sp³-hybridized carbons (Fsp3) is 0.381. The molecular formula is C21H23ClN2O10S2. The highest BCUT2D eigenvalue weighted by Crippen LogP contribution is 2.34. The molecule has 0 spiro atoms. The van der Waals surface area contributed by atoms with Crippen molar-refractivity contribution in [3.8, 4) is 17.2 Å². The molecule has 0 unspecified atom stereocenters. The van der Waals surface area contributed by atoms with Crippen LogP contribution in [0.25, 0.3) is 22.6 Å². The van der Waals surface area contributed by atoms with Crippen LogP contribution in [0.1, 0.15) is 32.1 Å². The van der Waals surface area contributed by atoms with Crippen LogP contribution in [-0.2, 0) is 31.6 Å². The van der Waals surface area contributed by atoms with Crippen LogP contribution in [0, 0.1) is 0 Å². The average molecular weight is 563 g/mol. The summed E-state index contributed by atoms with van der Waals surface area (Å²) >= 11 is 6.39. The molecule has 3 rings (SSSR count). The lowest BCUT2D eigenvalue weighted by atomic mass is 10.2. The number of rotatable bonds is 13. The van der Waals surface area contributed by atoms with E-state index in [1.165, 1.54) is 0 Å². The van der Waals surface area contributed by atoms with E-state index in [2.05, 4.69) is 4.98 Å². The molecular weight excluding hydrogens is 540 g/mol. The van der Waals surface area contributed by atoms with Gasteiger partial charge in [0.1, 0.15) is 33.0 Å². The number of carboxylic acid groups (broad SMARTS) is 1. The van der Waals surface area contributed by atoms with Gasteiger partial charge in [0.05, 0.1) is 22.8 Å². The second kappa shape index (κ2) is 11.5. The summed E-state index contributed by atoms with van der Waals surface area (Å²) in [6.07, 6.45) is 5.46. The van der Waals surface area contributed by atoms with E-state index >= 15 is 0 Å². The summed E-state index contributed by atoms with van der Waals surface area (Å²) in [5, 5.41) is 8.98. The Hall–Kier alpha value is -2.78. The molecule has 196 valence electrons. The smallest absolute Gasteiger partial charge is 0.303 e. The minimum atomic E-state index is -4.96. The highest BCUT2D eigenvalue weighted by Gasteiger charge is 2.20. The number of nitrogens with zero attached hydrogens (tertiary/aromatic N) is 2. The van der Waals surface area contributed by atoms with Gasteiger partial charge in [-0.1, -0.05) is 11.6 Å². The van der Waals surface area contributed by atoms with Crippen molar-refractivity contribution in [1.29, 1.82) is 0 Å². The Morgan fingerprint density at radius 1 is 1.17 bits per heavy atom. The molecule has 0 aliphatic heterocycles. The maximum absolute atomic E-state index is 11.7. The van der Waals surface area contributed by atoms with Crippen molar-refractivity contribution in [3.05, 3.63) is 35.6 Å². The maximum Gasteiger partial charge on any atom is 0.303 e. The van der Waals surface area contributed by atoms with Gasteiger partial charge in [-0.15, -0.1) is 0 Å². The molecule has 2 aromatic heterocycles. The second-order valence-electron chi connectivity index (χ2n) is 7.88. The number of carboxylic acids is 1. The molecule has 0 saturated carbocycles. The van der Waals surface area contributed by atoms with Crippen LogP contribution >= 0.6 is 11.6 Å². The predicted octanol–water partition coefficient (Wildman–Crippen LogP) is 2.64. The van der Waals surface area contributed by atoms with E-state index in [-0.39, 0.29) is 42.2 Å². The molecule has 1 aromatic carbocycles. The van der Waals surface area contributed by atoms with Crippen molar-refractivity contribution >= 4 is 48.9 Å². The Morgan fingerprint density at radius 2 is 1.92 bits per heavy atom. The molecule has 0 amide bonds. The van der Waals surface area contributed by atoms with Crippen molar-refractivity contribution in [2.75, 3.05) is 12.4 Å². The van der Waals surface area contributed by atoms with Crippen molar-refractivity contribution in [2.24, 2.45) is 0 Å². The molecule has 12 nitrogen and oxygen atoms in total. The van der Waals surface area contributed by atoms with Gasteiger partial charge >= 0.3 is 5.97 Å². The lowest BCUT2D eigenvalue weighted by molar-refractivity contribution is -0.697. The fourth-order valence-corrected chi connectivity index (χ4v) is 4.72. The molecule has 15 heteroatoms. The quantitative estimate of drug-likeness (QED) is 0.177. The normalized spacial score (nSPS) is 12.2. The zero-order valence-electron chi connectivity index (χ0n) is 18.8. The molecule has 2 heterocycles. The number of pyridine rings is 1. The number of hydrogen-bond donors (Lipinski definition) is 2. The number of aromatic nitrogens is 2. The van der Waals surface area contributed by atoms with Crippen LogP contribution in [-0.4, -0.2) is 54.4 Å². The summed E-state index contributed by atoms with van der Waals surface area (Å²) in [5.41, 5.74) is 0.585. The van der Waals surface area contributed by atoms with Crippen LogP contribution in [0.4, 0.5) is 0 Å². The molecule has 0 fully saturated rings. The van der Waals surface area contributed by atoms with E-state index in [0.29, 0.717) is 23.6 Å². The SMILES string of the molecule is O=C(O)CCCCC[n+]1ccc(-c2nc3cc(S(=O)(=O)[O-])c(OCCCS(=O)(=O)O)cc3o2)c(Cl)c1. The lowest BCUT2D eigenvalue weighted by Crippen LogP contribution is -2.32. The summed E-state index contributed by atoms with van der Waals surface area (Å²) in [4.78, 5) is 14.1. The van der Waals surface area contributed by atoms with Gasteiger partial charge in [0.2, 0.25) is 5.89 Å². The molecule has 0 radical (unpaired) electrons. The largest absolute Gasteiger partial charge is 0.744 e. The summed E-state index contributed by atoms with van der Waals surface area (Å²) < 4.78 is 78.5. The van der Waals surface area contributed by atoms with E-state index in [9.17, 15) is 26.2 Å². The number of benzene rings is 1. The number of halogens is 1. The van der Waals surface area contributed by atoms with Gasteiger partial charge in [0.15, 0.2) is 18.0 Å². The first kappa shape index (κ1) is 27.8. The Morgan fingerprint density at radius 3 is 2.56 bits per heavy atom. The van der Waals surface area contributed by atoms with Crippen molar-refractivity contribution < 1.29 is 49.6 Å². The number of oxazole rings is 1. The van der Waals surface area contributed by atoms with Gasteiger partial charge in [0, 0.05) is 25.0 Å². The van der Waals surface area contributed by atoms with Crippen molar-refractivity contribution in [3.63, 3.8) is 0 Å². The van der Waals surface area contributed by atoms with Gasteiger partial charge < -0.3 is 18.8 Å². The van der Waals surface area contributed by atoms with Gasteiger partial charge in [-0.2, -0.15) is 8.42 Å². The first-order chi connectivity index (χ1) is 16.8. The van der Waals surface area contributed by atoms with Crippen LogP contribution < -0.4 is 9.30 Å². The maximum atomic E-state index is 11.7. The van der Waals surface area contributed by atoms with E-state index in [0.717, 1.165) is 25.0 Å². The van der Waals surface area contributed by atoms with Crippen LogP contribution in [0.3, 0.4) is 0 Å². The van der Waals surface area contributed by atoms with Crippen molar-refractivity contribution in [1.82, 2.24) is 4.98 Å². The standard InChI is InChI=1S/C21H23ClN2O10S2/c22-15-13-24(7-3-1-2-5-20(25)26)8-6-14(15)21-23-16-11-19(36(30,31)32)18(12-17(16)34-21)33-9-4-10-35(27,28)29/h6,8,11-13H,1-5,7,9-10H2,(H2-,25,26,27,28,29,30,31,32).